The van der Waals surface area contributed by atoms with Gasteiger partial charge in [0.25, 0.3) is 0 Å². The first-order valence-electron chi connectivity index (χ1n) is 15.5. The number of nitrogen functional groups attached to an aromatic ring is 2. The predicted molar refractivity (Wildman–Crippen MR) is 191 cm³/mol. The smallest absolute Gasteiger partial charge is 0.225 e. The number of terminal acetylenes is 2. The van der Waals surface area contributed by atoms with Crippen LogP contribution in [0.3, 0.4) is 0 Å². The molecule has 1 aliphatic carbocycles. The molecule has 7 rings (SSSR count). The van der Waals surface area contributed by atoms with Crippen molar-refractivity contribution in [2.24, 2.45) is 5.92 Å². The van der Waals surface area contributed by atoms with Crippen LogP contribution >= 0.6 is 0 Å². The van der Waals surface area contributed by atoms with Crippen LogP contribution in [0.25, 0.3) is 38.4 Å². The molecule has 224 valence electrons. The summed E-state index contributed by atoms with van der Waals surface area (Å²) in [5.74, 6) is 7.84. The van der Waals surface area contributed by atoms with Gasteiger partial charge in [0.15, 0.2) is 5.82 Å². The highest BCUT2D eigenvalue weighted by molar-refractivity contribution is 6.23. The standard InChI is InChI=1S/C18H10.C17H22.C5H7N5/c1-2-12-6-7-15-9-8-13-4-3-5-14-10-11-16(12)18(15)17(13)14;1-3-5-15-8-12-17(13-9-15)16-10-6-14(4-2)7-11-16;1-2-3-8-4(6)10-5(7)9-3/h1,3-11H;2,6-7,10-11,15,17H,3,5,8-9,12-13H2,1H3;2H,1H2,(H4,6,7,8,9,10). The summed E-state index contributed by atoms with van der Waals surface area (Å²) < 4.78 is 0. The number of aromatic nitrogens is 3. The van der Waals surface area contributed by atoms with Crippen LogP contribution in [0.15, 0.2) is 85.4 Å². The Morgan fingerprint density at radius 2 is 1.36 bits per heavy atom. The summed E-state index contributed by atoms with van der Waals surface area (Å²) in [7, 11) is 0. The average molecular weight is 590 g/mol. The molecule has 0 bridgehead atoms. The number of rotatable bonds is 4. The van der Waals surface area contributed by atoms with Gasteiger partial charge in [-0.25, -0.2) is 0 Å². The first kappa shape index (κ1) is 31.0. The first-order valence-corrected chi connectivity index (χ1v) is 15.5. The van der Waals surface area contributed by atoms with E-state index < -0.39 is 0 Å². The minimum Gasteiger partial charge on any atom is -0.368 e. The summed E-state index contributed by atoms with van der Waals surface area (Å²) in [6.07, 6.45) is 20.7. The van der Waals surface area contributed by atoms with Gasteiger partial charge in [0, 0.05) is 11.1 Å². The molecule has 0 unspecified atom stereocenters. The molecule has 4 N–H and O–H groups in total. The molecule has 1 aliphatic rings. The van der Waals surface area contributed by atoms with E-state index in [1.54, 1.807) is 0 Å². The van der Waals surface area contributed by atoms with Gasteiger partial charge in [-0.1, -0.05) is 98.8 Å². The maximum absolute atomic E-state index is 5.60. The van der Waals surface area contributed by atoms with Gasteiger partial charge in [-0.15, -0.1) is 12.8 Å². The zero-order valence-electron chi connectivity index (χ0n) is 25.8. The second-order valence-corrected chi connectivity index (χ2v) is 11.5. The van der Waals surface area contributed by atoms with E-state index in [9.17, 15) is 0 Å². The lowest BCUT2D eigenvalue weighted by Crippen LogP contribution is -2.13. The maximum Gasteiger partial charge on any atom is 0.225 e. The van der Waals surface area contributed by atoms with Crippen molar-refractivity contribution >= 4 is 50.3 Å². The fraction of sp³-hybridized carbons (Fsp3) is 0.225. The van der Waals surface area contributed by atoms with Gasteiger partial charge in [-0.05, 0) is 99.7 Å². The highest BCUT2D eigenvalue weighted by Gasteiger charge is 2.21. The molecule has 0 atom stereocenters. The molecular weight excluding hydrogens is 550 g/mol. The molecule has 45 heavy (non-hydrogen) atoms. The lowest BCUT2D eigenvalue weighted by molar-refractivity contribution is 0.308. The van der Waals surface area contributed by atoms with Crippen LogP contribution in [0.2, 0.25) is 0 Å². The Bertz CT molecular complexity index is 1950. The number of hydrogen-bond donors (Lipinski definition) is 2. The maximum atomic E-state index is 5.60. The summed E-state index contributed by atoms with van der Waals surface area (Å²) >= 11 is 0. The Labute approximate surface area is 266 Å². The molecule has 1 heterocycles. The lowest BCUT2D eigenvalue weighted by Gasteiger charge is -2.28. The van der Waals surface area contributed by atoms with Crippen molar-refractivity contribution < 1.29 is 0 Å². The first-order chi connectivity index (χ1) is 21.9. The van der Waals surface area contributed by atoms with Gasteiger partial charge in [0.1, 0.15) is 0 Å². The highest BCUT2D eigenvalue weighted by Crippen LogP contribution is 2.38. The molecule has 1 fully saturated rings. The van der Waals surface area contributed by atoms with Crippen LogP contribution in [-0.4, -0.2) is 15.0 Å². The van der Waals surface area contributed by atoms with E-state index >= 15 is 0 Å². The SMILES string of the molecule is C#Cc1ccc(C2CCC(CCC)CC2)cc1.C#Cc1ccc2ccc3cccc4ccc1c2c34.C=Cc1nc(N)nc(N)n1. The van der Waals surface area contributed by atoms with Crippen molar-refractivity contribution in [3.8, 4) is 24.7 Å². The molecule has 0 spiro atoms. The van der Waals surface area contributed by atoms with Crippen LogP contribution in [-0.2, 0) is 0 Å². The van der Waals surface area contributed by atoms with Crippen LogP contribution in [0.5, 0.6) is 0 Å². The Hall–Kier alpha value is -5.39. The zero-order chi connectivity index (χ0) is 31.8. The largest absolute Gasteiger partial charge is 0.368 e. The van der Waals surface area contributed by atoms with E-state index in [1.807, 2.05) is 6.07 Å². The van der Waals surface area contributed by atoms with Gasteiger partial charge < -0.3 is 11.5 Å². The van der Waals surface area contributed by atoms with E-state index in [-0.39, 0.29) is 11.9 Å². The van der Waals surface area contributed by atoms with E-state index in [1.165, 1.54) is 82.5 Å². The third kappa shape index (κ3) is 7.23. The number of nitrogens with zero attached hydrogens (tertiary/aromatic N) is 3. The third-order valence-electron chi connectivity index (χ3n) is 8.65. The highest BCUT2D eigenvalue weighted by atomic mass is 15.1. The molecule has 1 saturated carbocycles. The normalized spacial score (nSPS) is 15.7. The van der Waals surface area contributed by atoms with Crippen molar-refractivity contribution in [3.63, 3.8) is 0 Å². The lowest BCUT2D eigenvalue weighted by atomic mass is 9.77. The molecule has 0 saturated heterocycles. The third-order valence-corrected chi connectivity index (χ3v) is 8.65. The van der Waals surface area contributed by atoms with E-state index in [4.69, 9.17) is 24.3 Å². The van der Waals surface area contributed by atoms with Crippen molar-refractivity contribution in [1.82, 2.24) is 15.0 Å². The number of nitrogens with two attached hydrogens (primary N) is 2. The zero-order valence-corrected chi connectivity index (χ0v) is 25.8. The molecule has 0 aliphatic heterocycles. The fourth-order valence-electron chi connectivity index (χ4n) is 6.42. The minimum absolute atomic E-state index is 0.113. The molecule has 6 aromatic rings. The van der Waals surface area contributed by atoms with Crippen molar-refractivity contribution in [2.45, 2.75) is 51.4 Å². The summed E-state index contributed by atoms with van der Waals surface area (Å²) in [6.45, 7) is 5.75. The van der Waals surface area contributed by atoms with Gasteiger partial charge >= 0.3 is 0 Å². The molecule has 5 aromatic carbocycles. The molecule has 5 nitrogen and oxygen atoms in total. The van der Waals surface area contributed by atoms with E-state index in [0.717, 1.165) is 23.0 Å². The minimum atomic E-state index is 0.113. The molecule has 1 aromatic heterocycles. The van der Waals surface area contributed by atoms with Crippen LogP contribution < -0.4 is 11.5 Å². The quantitative estimate of drug-likeness (QED) is 0.158. The Kier molecular flexibility index (Phi) is 9.93. The van der Waals surface area contributed by atoms with Crippen molar-refractivity contribution in [2.75, 3.05) is 11.5 Å². The monoisotopic (exact) mass is 589 g/mol. The molecule has 5 heteroatoms. The summed E-state index contributed by atoms with van der Waals surface area (Å²) in [5, 5.41) is 7.61. The second-order valence-electron chi connectivity index (χ2n) is 11.5. The average Bonchev–Trinajstić information content (AvgIpc) is 3.08. The van der Waals surface area contributed by atoms with Gasteiger partial charge in [0.05, 0.1) is 0 Å². The summed E-state index contributed by atoms with van der Waals surface area (Å²) in [5.41, 5.74) is 13.9. The summed E-state index contributed by atoms with van der Waals surface area (Å²) in [6, 6.07) is 27.8. The van der Waals surface area contributed by atoms with Crippen LogP contribution in [0.1, 0.15) is 73.9 Å². The Morgan fingerprint density at radius 1 is 0.756 bits per heavy atom. The number of anilines is 2. The topological polar surface area (TPSA) is 90.7 Å². The second kappa shape index (κ2) is 14.4. The van der Waals surface area contributed by atoms with E-state index in [2.05, 4.69) is 113 Å². The number of benzene rings is 5. The van der Waals surface area contributed by atoms with E-state index in [0.29, 0.717) is 5.82 Å². The van der Waals surface area contributed by atoms with Crippen LogP contribution in [0.4, 0.5) is 11.9 Å². The fourth-order valence-corrected chi connectivity index (χ4v) is 6.42. The molecule has 0 amide bonds. The van der Waals surface area contributed by atoms with Gasteiger partial charge in [0.2, 0.25) is 11.9 Å². The van der Waals surface area contributed by atoms with Gasteiger partial charge in [-0.2, -0.15) is 15.0 Å². The Balaban J connectivity index is 0.000000139. The van der Waals surface area contributed by atoms with Gasteiger partial charge in [-0.3, -0.25) is 0 Å². The van der Waals surface area contributed by atoms with Crippen molar-refractivity contribution in [1.29, 1.82) is 0 Å². The van der Waals surface area contributed by atoms with Crippen LogP contribution in [0, 0.1) is 30.6 Å². The summed E-state index contributed by atoms with van der Waals surface area (Å²) in [4.78, 5) is 11.0. The molecular formula is C40H39N5. The predicted octanol–water partition coefficient (Wildman–Crippen LogP) is 8.99. The number of hydrogen-bond acceptors (Lipinski definition) is 5. The molecule has 0 radical (unpaired) electrons. The van der Waals surface area contributed by atoms with Crippen molar-refractivity contribution in [3.05, 3.63) is 108 Å². The Morgan fingerprint density at radius 3 is 1.93 bits per heavy atom.